The van der Waals surface area contributed by atoms with Gasteiger partial charge < -0.3 is 10.6 Å². The Bertz CT molecular complexity index is 314. The van der Waals surface area contributed by atoms with Crippen LogP contribution in [-0.4, -0.2) is 20.1 Å². The Kier molecular flexibility index (Phi) is 4.36. The molecule has 2 N–H and O–H groups in total. The number of aryl methyl sites for hydroxylation is 1. The smallest absolute Gasteiger partial charge is 0.0363 e. The molecule has 0 radical (unpaired) electrons. The number of nitrogens with zero attached hydrogens (tertiary/aromatic N) is 1. The number of benzene rings is 1. The van der Waals surface area contributed by atoms with E-state index in [0.717, 1.165) is 13.0 Å². The van der Waals surface area contributed by atoms with Crippen molar-refractivity contribution in [2.24, 2.45) is 11.1 Å². The highest BCUT2D eigenvalue weighted by molar-refractivity contribution is 5.47. The van der Waals surface area contributed by atoms with Crippen molar-refractivity contribution in [3.8, 4) is 0 Å². The fourth-order valence-corrected chi connectivity index (χ4v) is 1.78. The van der Waals surface area contributed by atoms with E-state index in [1.807, 2.05) is 0 Å². The molecular weight excluding hydrogens is 196 g/mol. The Hall–Kier alpha value is -1.02. The topological polar surface area (TPSA) is 29.3 Å². The third-order valence-electron chi connectivity index (χ3n) is 3.00. The van der Waals surface area contributed by atoms with Crippen molar-refractivity contribution in [2.75, 3.05) is 25.0 Å². The van der Waals surface area contributed by atoms with Crippen molar-refractivity contribution in [2.45, 2.75) is 27.2 Å². The SMILES string of the molecule is CCc1ccc(N(C)CC(C)(C)CN)cc1. The Labute approximate surface area is 99.5 Å². The average Bonchev–Trinajstić information content (AvgIpc) is 2.28. The van der Waals surface area contributed by atoms with Gasteiger partial charge in [0.2, 0.25) is 0 Å². The zero-order valence-electron chi connectivity index (χ0n) is 11.0. The fraction of sp³-hybridized carbons (Fsp3) is 0.571. The molecule has 90 valence electrons. The molecule has 0 saturated carbocycles. The predicted molar refractivity (Wildman–Crippen MR) is 71.9 cm³/mol. The second kappa shape index (κ2) is 5.35. The van der Waals surface area contributed by atoms with E-state index in [4.69, 9.17) is 5.73 Å². The van der Waals surface area contributed by atoms with Crippen LogP contribution in [0, 0.1) is 5.41 Å². The van der Waals surface area contributed by atoms with Gasteiger partial charge in [-0.1, -0.05) is 32.9 Å². The molecule has 0 unspecified atom stereocenters. The first-order valence-corrected chi connectivity index (χ1v) is 5.98. The van der Waals surface area contributed by atoms with Gasteiger partial charge >= 0.3 is 0 Å². The highest BCUT2D eigenvalue weighted by atomic mass is 15.1. The van der Waals surface area contributed by atoms with Crippen molar-refractivity contribution in [1.29, 1.82) is 0 Å². The minimum absolute atomic E-state index is 0.165. The molecule has 0 aromatic heterocycles. The van der Waals surface area contributed by atoms with Gasteiger partial charge in [-0.2, -0.15) is 0 Å². The lowest BCUT2D eigenvalue weighted by Crippen LogP contribution is -2.36. The summed E-state index contributed by atoms with van der Waals surface area (Å²) in [5.41, 5.74) is 8.56. The summed E-state index contributed by atoms with van der Waals surface area (Å²) in [4.78, 5) is 2.27. The summed E-state index contributed by atoms with van der Waals surface area (Å²) >= 11 is 0. The highest BCUT2D eigenvalue weighted by Crippen LogP contribution is 2.20. The summed E-state index contributed by atoms with van der Waals surface area (Å²) in [6, 6.07) is 8.76. The molecule has 2 nitrogen and oxygen atoms in total. The van der Waals surface area contributed by atoms with Gasteiger partial charge in [0, 0.05) is 19.3 Å². The molecule has 0 aliphatic heterocycles. The van der Waals surface area contributed by atoms with Gasteiger partial charge in [-0.15, -0.1) is 0 Å². The Morgan fingerprint density at radius 1 is 1.19 bits per heavy atom. The molecule has 0 aliphatic carbocycles. The second-order valence-electron chi connectivity index (χ2n) is 5.24. The van der Waals surface area contributed by atoms with E-state index in [9.17, 15) is 0 Å². The van der Waals surface area contributed by atoms with Crippen molar-refractivity contribution < 1.29 is 0 Å². The first-order chi connectivity index (χ1) is 7.48. The summed E-state index contributed by atoms with van der Waals surface area (Å²) in [7, 11) is 2.12. The average molecular weight is 220 g/mol. The maximum Gasteiger partial charge on any atom is 0.0363 e. The van der Waals surface area contributed by atoms with Crippen LogP contribution in [0.4, 0.5) is 5.69 Å². The largest absolute Gasteiger partial charge is 0.374 e. The van der Waals surface area contributed by atoms with Crippen LogP contribution in [0.15, 0.2) is 24.3 Å². The lowest BCUT2D eigenvalue weighted by Gasteiger charge is -2.30. The number of nitrogens with two attached hydrogens (primary N) is 1. The van der Waals surface area contributed by atoms with E-state index in [-0.39, 0.29) is 5.41 Å². The van der Waals surface area contributed by atoms with Crippen molar-refractivity contribution in [1.82, 2.24) is 0 Å². The number of hydrogen-bond acceptors (Lipinski definition) is 2. The van der Waals surface area contributed by atoms with Gasteiger partial charge in [0.05, 0.1) is 0 Å². The van der Waals surface area contributed by atoms with E-state index < -0.39 is 0 Å². The van der Waals surface area contributed by atoms with Crippen LogP contribution in [-0.2, 0) is 6.42 Å². The molecule has 0 atom stereocenters. The highest BCUT2D eigenvalue weighted by Gasteiger charge is 2.18. The van der Waals surface area contributed by atoms with Crippen molar-refractivity contribution >= 4 is 5.69 Å². The Morgan fingerprint density at radius 2 is 1.75 bits per heavy atom. The minimum atomic E-state index is 0.165. The molecule has 1 aromatic rings. The summed E-state index contributed by atoms with van der Waals surface area (Å²) in [6.45, 7) is 8.27. The number of hydrogen-bond donors (Lipinski definition) is 1. The molecule has 16 heavy (non-hydrogen) atoms. The van der Waals surface area contributed by atoms with Crippen LogP contribution in [0.5, 0.6) is 0 Å². The van der Waals surface area contributed by atoms with Crippen LogP contribution in [0.2, 0.25) is 0 Å². The summed E-state index contributed by atoms with van der Waals surface area (Å²) in [5, 5.41) is 0. The van der Waals surface area contributed by atoms with Crippen molar-refractivity contribution in [3.63, 3.8) is 0 Å². The van der Waals surface area contributed by atoms with Crippen molar-refractivity contribution in [3.05, 3.63) is 29.8 Å². The van der Waals surface area contributed by atoms with E-state index in [0.29, 0.717) is 6.54 Å². The lowest BCUT2D eigenvalue weighted by atomic mass is 9.93. The summed E-state index contributed by atoms with van der Waals surface area (Å²) < 4.78 is 0. The molecule has 0 saturated heterocycles. The van der Waals surface area contributed by atoms with E-state index >= 15 is 0 Å². The molecule has 1 rings (SSSR count). The Morgan fingerprint density at radius 3 is 2.19 bits per heavy atom. The van der Waals surface area contributed by atoms with Crippen LogP contribution < -0.4 is 10.6 Å². The van der Waals surface area contributed by atoms with Gasteiger partial charge in [-0.05, 0) is 36.1 Å². The standard InChI is InChI=1S/C14H24N2/c1-5-12-6-8-13(9-7-12)16(4)11-14(2,3)10-15/h6-9H,5,10-11,15H2,1-4H3. The number of anilines is 1. The maximum absolute atomic E-state index is 5.75. The van der Waals surface area contributed by atoms with Crippen LogP contribution in [0.1, 0.15) is 26.3 Å². The van der Waals surface area contributed by atoms with Gasteiger partial charge in [0.25, 0.3) is 0 Å². The fourth-order valence-electron chi connectivity index (χ4n) is 1.78. The molecule has 1 aromatic carbocycles. The zero-order chi connectivity index (χ0) is 12.2. The predicted octanol–water partition coefficient (Wildman–Crippen LogP) is 2.67. The monoisotopic (exact) mass is 220 g/mol. The molecule has 0 bridgehead atoms. The molecule has 2 heteroatoms. The third-order valence-corrected chi connectivity index (χ3v) is 3.00. The summed E-state index contributed by atoms with van der Waals surface area (Å²) in [6.07, 6.45) is 1.10. The van der Waals surface area contributed by atoms with E-state index in [1.165, 1.54) is 11.3 Å². The maximum atomic E-state index is 5.75. The van der Waals surface area contributed by atoms with Crippen LogP contribution >= 0.6 is 0 Å². The molecule has 0 spiro atoms. The quantitative estimate of drug-likeness (QED) is 0.826. The minimum Gasteiger partial charge on any atom is -0.374 e. The van der Waals surface area contributed by atoms with Crippen LogP contribution in [0.3, 0.4) is 0 Å². The van der Waals surface area contributed by atoms with Gasteiger partial charge in [0.15, 0.2) is 0 Å². The van der Waals surface area contributed by atoms with Gasteiger partial charge in [-0.3, -0.25) is 0 Å². The zero-order valence-corrected chi connectivity index (χ0v) is 11.0. The third kappa shape index (κ3) is 3.53. The van der Waals surface area contributed by atoms with E-state index in [2.05, 4.69) is 57.0 Å². The molecule has 0 aliphatic rings. The molecular formula is C14H24N2. The molecule has 0 amide bonds. The molecule has 0 heterocycles. The van der Waals surface area contributed by atoms with Gasteiger partial charge in [0.1, 0.15) is 0 Å². The normalized spacial score (nSPS) is 11.6. The summed E-state index contributed by atoms with van der Waals surface area (Å²) in [5.74, 6) is 0. The lowest BCUT2D eigenvalue weighted by molar-refractivity contribution is 0.385. The molecule has 0 fully saturated rings. The van der Waals surface area contributed by atoms with E-state index in [1.54, 1.807) is 0 Å². The Balaban J connectivity index is 2.69. The van der Waals surface area contributed by atoms with Crippen LogP contribution in [0.25, 0.3) is 0 Å². The first kappa shape index (κ1) is 13.0. The second-order valence-corrected chi connectivity index (χ2v) is 5.24. The first-order valence-electron chi connectivity index (χ1n) is 5.98. The van der Waals surface area contributed by atoms with Gasteiger partial charge in [-0.25, -0.2) is 0 Å². The number of rotatable bonds is 5.